The summed E-state index contributed by atoms with van der Waals surface area (Å²) in [6, 6.07) is 15.3. The number of nitrogens with one attached hydrogen (secondary N) is 1. The van der Waals surface area contributed by atoms with Crippen molar-refractivity contribution in [2.24, 2.45) is 0 Å². The van der Waals surface area contributed by atoms with Gasteiger partial charge in [0, 0.05) is 11.3 Å². The van der Waals surface area contributed by atoms with Gasteiger partial charge in [-0.3, -0.25) is 9.69 Å². The van der Waals surface area contributed by atoms with Crippen LogP contribution in [0, 0.1) is 0 Å². The molecule has 0 radical (unpaired) electrons. The Kier molecular flexibility index (Phi) is 4.48. The standard InChI is InChI=1S/C20H21N3O2/c24-19(14-23-12-4-1-5-13-23)21-16-10-8-15(9-11-16)20-22-17-6-2-3-7-18(17)25-20/h2-3,6-11H,1,4-5,12-14H2,(H,21,24). The molecule has 1 N–H and O–H groups in total. The Hall–Kier alpha value is -2.66. The molecule has 1 aromatic heterocycles. The number of likely N-dealkylation sites (tertiary alicyclic amines) is 1. The molecule has 0 aliphatic carbocycles. The molecule has 25 heavy (non-hydrogen) atoms. The lowest BCUT2D eigenvalue weighted by Crippen LogP contribution is -2.36. The van der Waals surface area contributed by atoms with Gasteiger partial charge in [-0.25, -0.2) is 4.98 Å². The second kappa shape index (κ2) is 7.07. The molecule has 1 aliphatic rings. The third-order valence-corrected chi connectivity index (χ3v) is 4.53. The molecule has 5 nitrogen and oxygen atoms in total. The first-order valence-corrected chi connectivity index (χ1v) is 8.76. The largest absolute Gasteiger partial charge is 0.436 e. The van der Waals surface area contributed by atoms with Gasteiger partial charge in [0.2, 0.25) is 11.8 Å². The number of para-hydroxylation sites is 2. The molecular formula is C20H21N3O2. The Morgan fingerprint density at radius 1 is 1.04 bits per heavy atom. The summed E-state index contributed by atoms with van der Waals surface area (Å²) in [5, 5.41) is 2.96. The van der Waals surface area contributed by atoms with E-state index in [4.69, 9.17) is 4.42 Å². The molecule has 0 spiro atoms. The smallest absolute Gasteiger partial charge is 0.238 e. The summed E-state index contributed by atoms with van der Waals surface area (Å²) in [5.41, 5.74) is 3.31. The summed E-state index contributed by atoms with van der Waals surface area (Å²) in [6.07, 6.45) is 3.65. The molecule has 3 aromatic rings. The highest BCUT2D eigenvalue weighted by Crippen LogP contribution is 2.25. The molecule has 0 bridgehead atoms. The second-order valence-corrected chi connectivity index (χ2v) is 6.45. The number of fused-ring (bicyclic) bond motifs is 1. The number of aromatic nitrogens is 1. The fraction of sp³-hybridized carbons (Fsp3) is 0.300. The number of anilines is 1. The van der Waals surface area contributed by atoms with Gasteiger partial charge in [-0.1, -0.05) is 18.6 Å². The van der Waals surface area contributed by atoms with E-state index in [1.54, 1.807) is 0 Å². The average Bonchev–Trinajstić information content (AvgIpc) is 3.07. The van der Waals surface area contributed by atoms with Gasteiger partial charge in [0.25, 0.3) is 0 Å². The van der Waals surface area contributed by atoms with Crippen LogP contribution in [0.4, 0.5) is 5.69 Å². The van der Waals surface area contributed by atoms with E-state index in [1.807, 2.05) is 48.5 Å². The van der Waals surface area contributed by atoms with Crippen molar-refractivity contribution in [3.05, 3.63) is 48.5 Å². The van der Waals surface area contributed by atoms with Gasteiger partial charge in [-0.15, -0.1) is 0 Å². The Morgan fingerprint density at radius 3 is 2.56 bits per heavy atom. The fourth-order valence-corrected chi connectivity index (χ4v) is 3.21. The number of carbonyl (C=O) groups is 1. The van der Waals surface area contributed by atoms with E-state index in [-0.39, 0.29) is 5.91 Å². The van der Waals surface area contributed by atoms with E-state index in [2.05, 4.69) is 15.2 Å². The number of benzene rings is 2. The summed E-state index contributed by atoms with van der Waals surface area (Å²) < 4.78 is 5.77. The first-order chi connectivity index (χ1) is 12.3. The Labute approximate surface area is 146 Å². The van der Waals surface area contributed by atoms with Crippen molar-refractivity contribution in [3.63, 3.8) is 0 Å². The normalized spacial score (nSPS) is 15.4. The quantitative estimate of drug-likeness (QED) is 0.785. The van der Waals surface area contributed by atoms with Crippen LogP contribution in [0.15, 0.2) is 52.9 Å². The maximum Gasteiger partial charge on any atom is 0.238 e. The maximum atomic E-state index is 12.2. The number of carbonyl (C=O) groups excluding carboxylic acids is 1. The van der Waals surface area contributed by atoms with Gasteiger partial charge in [0.05, 0.1) is 6.54 Å². The monoisotopic (exact) mass is 335 g/mol. The molecule has 2 heterocycles. The van der Waals surface area contributed by atoms with Gasteiger partial charge in [-0.2, -0.15) is 0 Å². The SMILES string of the molecule is O=C(CN1CCCCC1)Nc1ccc(-c2nc3ccccc3o2)cc1. The lowest BCUT2D eigenvalue weighted by molar-refractivity contribution is -0.117. The predicted molar refractivity (Wildman–Crippen MR) is 98.4 cm³/mol. The minimum Gasteiger partial charge on any atom is -0.436 e. The van der Waals surface area contributed by atoms with Crippen LogP contribution in [0.5, 0.6) is 0 Å². The van der Waals surface area contributed by atoms with Crippen molar-refractivity contribution in [1.29, 1.82) is 0 Å². The summed E-state index contributed by atoms with van der Waals surface area (Å²) in [4.78, 5) is 18.9. The molecule has 1 aliphatic heterocycles. The van der Waals surface area contributed by atoms with E-state index >= 15 is 0 Å². The second-order valence-electron chi connectivity index (χ2n) is 6.45. The number of hydrogen-bond donors (Lipinski definition) is 1. The zero-order chi connectivity index (χ0) is 17.1. The zero-order valence-electron chi connectivity index (χ0n) is 14.1. The van der Waals surface area contributed by atoms with Crippen LogP contribution in [0.1, 0.15) is 19.3 Å². The fourth-order valence-electron chi connectivity index (χ4n) is 3.21. The third kappa shape index (κ3) is 3.72. The first kappa shape index (κ1) is 15.8. The van der Waals surface area contributed by atoms with Crippen molar-refractivity contribution in [2.45, 2.75) is 19.3 Å². The van der Waals surface area contributed by atoms with Gasteiger partial charge in [0.1, 0.15) is 5.52 Å². The van der Waals surface area contributed by atoms with Crippen LogP contribution in [-0.2, 0) is 4.79 Å². The van der Waals surface area contributed by atoms with Crippen molar-refractivity contribution in [1.82, 2.24) is 9.88 Å². The molecule has 5 heteroatoms. The van der Waals surface area contributed by atoms with Crippen LogP contribution in [0.2, 0.25) is 0 Å². The topological polar surface area (TPSA) is 58.4 Å². The molecule has 4 rings (SSSR count). The van der Waals surface area contributed by atoms with Crippen LogP contribution in [0.25, 0.3) is 22.6 Å². The highest BCUT2D eigenvalue weighted by molar-refractivity contribution is 5.92. The maximum absolute atomic E-state index is 12.2. The van der Waals surface area contributed by atoms with Gasteiger partial charge in [-0.05, 0) is 62.3 Å². The molecule has 1 amide bonds. The minimum absolute atomic E-state index is 0.0384. The Balaban J connectivity index is 1.41. The molecule has 0 atom stereocenters. The highest BCUT2D eigenvalue weighted by atomic mass is 16.3. The lowest BCUT2D eigenvalue weighted by atomic mass is 10.1. The number of oxazole rings is 1. The van der Waals surface area contributed by atoms with E-state index in [9.17, 15) is 4.79 Å². The summed E-state index contributed by atoms with van der Waals surface area (Å²) >= 11 is 0. The minimum atomic E-state index is 0.0384. The van der Waals surface area contributed by atoms with E-state index in [0.29, 0.717) is 12.4 Å². The van der Waals surface area contributed by atoms with Crippen LogP contribution in [-0.4, -0.2) is 35.4 Å². The highest BCUT2D eigenvalue weighted by Gasteiger charge is 2.14. The van der Waals surface area contributed by atoms with Gasteiger partial charge in [0.15, 0.2) is 5.58 Å². The molecule has 0 saturated carbocycles. The average molecular weight is 335 g/mol. The van der Waals surface area contributed by atoms with Gasteiger partial charge >= 0.3 is 0 Å². The van der Waals surface area contributed by atoms with Crippen LogP contribution >= 0.6 is 0 Å². The molecule has 2 aromatic carbocycles. The molecular weight excluding hydrogens is 314 g/mol. The van der Waals surface area contributed by atoms with Gasteiger partial charge < -0.3 is 9.73 Å². The van der Waals surface area contributed by atoms with Crippen molar-refractivity contribution in [2.75, 3.05) is 25.0 Å². The van der Waals surface area contributed by atoms with Crippen LogP contribution < -0.4 is 5.32 Å². The zero-order valence-corrected chi connectivity index (χ0v) is 14.1. The molecule has 128 valence electrons. The number of nitrogens with zero attached hydrogens (tertiary/aromatic N) is 2. The molecule has 0 unspecified atom stereocenters. The predicted octanol–water partition coefficient (Wildman–Crippen LogP) is 3.92. The van der Waals surface area contributed by atoms with E-state index in [0.717, 1.165) is 35.4 Å². The van der Waals surface area contributed by atoms with E-state index < -0.39 is 0 Å². The summed E-state index contributed by atoms with van der Waals surface area (Å²) in [7, 11) is 0. The number of amides is 1. The van der Waals surface area contributed by atoms with Crippen molar-refractivity contribution in [3.8, 4) is 11.5 Å². The number of hydrogen-bond acceptors (Lipinski definition) is 4. The first-order valence-electron chi connectivity index (χ1n) is 8.76. The number of rotatable bonds is 4. The molecule has 1 saturated heterocycles. The summed E-state index contributed by atoms with van der Waals surface area (Å²) in [6.45, 7) is 2.50. The van der Waals surface area contributed by atoms with Crippen LogP contribution in [0.3, 0.4) is 0 Å². The third-order valence-electron chi connectivity index (χ3n) is 4.53. The Bertz CT molecular complexity index is 831. The summed E-state index contributed by atoms with van der Waals surface area (Å²) in [5.74, 6) is 0.629. The lowest BCUT2D eigenvalue weighted by Gasteiger charge is -2.25. The Morgan fingerprint density at radius 2 is 1.80 bits per heavy atom. The van der Waals surface area contributed by atoms with Crippen molar-refractivity contribution < 1.29 is 9.21 Å². The van der Waals surface area contributed by atoms with Crippen molar-refractivity contribution >= 4 is 22.7 Å². The number of piperidine rings is 1. The molecule has 1 fully saturated rings. The van der Waals surface area contributed by atoms with E-state index in [1.165, 1.54) is 19.3 Å².